The largest absolute Gasteiger partial charge is 0.481 e. The average molecular weight is 454 g/mol. The van der Waals surface area contributed by atoms with Crippen molar-refractivity contribution in [2.45, 2.75) is 31.0 Å². The molecule has 2 aromatic carbocycles. The maximum absolute atomic E-state index is 13.6. The van der Waals surface area contributed by atoms with E-state index in [2.05, 4.69) is 10.6 Å². The van der Waals surface area contributed by atoms with Crippen LogP contribution in [0.4, 0.5) is 5.69 Å². The molecule has 5 rings (SSSR count). The number of nitrogens with zero attached hydrogens (tertiary/aromatic N) is 1. The molecule has 3 aliphatic rings. The lowest BCUT2D eigenvalue weighted by Crippen LogP contribution is -2.53. The molecule has 0 aromatic heterocycles. The summed E-state index contributed by atoms with van der Waals surface area (Å²) in [7, 11) is 0. The minimum Gasteiger partial charge on any atom is -0.481 e. The summed E-state index contributed by atoms with van der Waals surface area (Å²) in [5.41, 5.74) is 0.370. The molecule has 0 radical (unpaired) electrons. The van der Waals surface area contributed by atoms with E-state index in [-0.39, 0.29) is 19.4 Å². The summed E-state index contributed by atoms with van der Waals surface area (Å²) in [6, 6.07) is 13.4. The number of aliphatic carboxylic acids is 1. The molecule has 9 heteroatoms. The molecule has 3 N–H and O–H groups in total. The van der Waals surface area contributed by atoms with E-state index in [1.54, 1.807) is 48.5 Å². The number of para-hydroxylation sites is 1. The van der Waals surface area contributed by atoms with Gasteiger partial charge in [-0.2, -0.15) is 0 Å². The molecule has 0 bridgehead atoms. The summed E-state index contributed by atoms with van der Waals surface area (Å²) in [6.45, 7) is -0.00463. The fourth-order valence-electron chi connectivity index (χ4n) is 5.30. The van der Waals surface area contributed by atoms with Crippen LogP contribution in [0.5, 0.6) is 0 Å². The van der Waals surface area contributed by atoms with Gasteiger partial charge in [-0.15, -0.1) is 0 Å². The fourth-order valence-corrected chi connectivity index (χ4v) is 5.49. The molecular weight excluding hydrogens is 434 g/mol. The van der Waals surface area contributed by atoms with E-state index in [0.717, 1.165) is 4.90 Å². The van der Waals surface area contributed by atoms with Gasteiger partial charge in [0.2, 0.25) is 17.7 Å². The standard InChI is InChI=1S/C23H20ClN3O5/c24-14-7-3-1-5-12(14)11-27-20(30)18-16(9-10-17(28)29)26-23(19(18)21(27)31)13-6-2-4-8-15(13)25-22(23)32/h1-8,16,18-19,26H,9-11H2,(H,25,32)(H,28,29)/t16-,18+,19-,23-/m0/s1. The predicted molar refractivity (Wildman–Crippen MR) is 115 cm³/mol. The molecular formula is C23H20ClN3O5. The van der Waals surface area contributed by atoms with Crippen LogP contribution in [-0.2, 0) is 31.3 Å². The van der Waals surface area contributed by atoms with Crippen LogP contribution in [0.2, 0.25) is 5.02 Å². The Morgan fingerprint density at radius 3 is 2.53 bits per heavy atom. The van der Waals surface area contributed by atoms with Crippen molar-refractivity contribution in [1.82, 2.24) is 10.2 Å². The number of anilines is 1. The Morgan fingerprint density at radius 2 is 1.78 bits per heavy atom. The van der Waals surface area contributed by atoms with Gasteiger partial charge in [0.15, 0.2) is 0 Å². The number of benzene rings is 2. The van der Waals surface area contributed by atoms with Gasteiger partial charge in [0.05, 0.1) is 18.4 Å². The van der Waals surface area contributed by atoms with E-state index in [1.165, 1.54) is 0 Å². The summed E-state index contributed by atoms with van der Waals surface area (Å²) < 4.78 is 0. The number of imide groups is 1. The molecule has 3 heterocycles. The van der Waals surface area contributed by atoms with Crippen molar-refractivity contribution in [2.24, 2.45) is 11.8 Å². The SMILES string of the molecule is O=C(O)CC[C@@H]1N[C@]2(C(=O)Nc3ccccc32)[C@@H]2C(=O)N(Cc3ccccc3Cl)C(=O)[C@H]12. The third kappa shape index (κ3) is 2.87. The molecule has 2 aromatic rings. The first kappa shape index (κ1) is 20.7. The van der Waals surface area contributed by atoms with Crippen LogP contribution in [-0.4, -0.2) is 39.7 Å². The lowest BCUT2D eigenvalue weighted by molar-refractivity contribution is -0.144. The van der Waals surface area contributed by atoms with Crippen LogP contribution in [0.3, 0.4) is 0 Å². The van der Waals surface area contributed by atoms with Gasteiger partial charge < -0.3 is 10.4 Å². The molecule has 0 aliphatic carbocycles. The number of carbonyl (C=O) groups is 4. The number of likely N-dealkylation sites (tertiary alicyclic amines) is 1. The van der Waals surface area contributed by atoms with E-state index in [0.29, 0.717) is 21.8 Å². The zero-order chi connectivity index (χ0) is 22.6. The smallest absolute Gasteiger partial charge is 0.303 e. The topological polar surface area (TPSA) is 116 Å². The highest BCUT2D eigenvalue weighted by Crippen LogP contribution is 2.53. The molecule has 2 saturated heterocycles. The van der Waals surface area contributed by atoms with Crippen LogP contribution in [0.1, 0.15) is 24.0 Å². The van der Waals surface area contributed by atoms with Crippen LogP contribution in [0.15, 0.2) is 48.5 Å². The van der Waals surface area contributed by atoms with Gasteiger partial charge in [0.1, 0.15) is 5.54 Å². The number of carbonyl (C=O) groups excluding carboxylic acids is 3. The first-order valence-corrected chi connectivity index (χ1v) is 10.7. The van der Waals surface area contributed by atoms with Gasteiger partial charge in [-0.3, -0.25) is 29.4 Å². The highest BCUT2D eigenvalue weighted by atomic mass is 35.5. The van der Waals surface area contributed by atoms with Gasteiger partial charge in [-0.1, -0.05) is 48.0 Å². The highest BCUT2D eigenvalue weighted by Gasteiger charge is 2.70. The summed E-state index contributed by atoms with van der Waals surface area (Å²) in [6.07, 6.45) is -0.0706. The maximum Gasteiger partial charge on any atom is 0.303 e. The Balaban J connectivity index is 1.58. The van der Waals surface area contributed by atoms with E-state index in [9.17, 15) is 24.3 Å². The molecule has 1 spiro atoms. The van der Waals surface area contributed by atoms with E-state index >= 15 is 0 Å². The third-order valence-corrected chi connectivity index (χ3v) is 7.04. The Bertz CT molecular complexity index is 1170. The monoisotopic (exact) mass is 453 g/mol. The third-order valence-electron chi connectivity index (χ3n) is 6.67. The van der Waals surface area contributed by atoms with Crippen LogP contribution >= 0.6 is 11.6 Å². The Hall–Kier alpha value is -3.23. The maximum atomic E-state index is 13.6. The quantitative estimate of drug-likeness (QED) is 0.597. The molecule has 32 heavy (non-hydrogen) atoms. The summed E-state index contributed by atoms with van der Waals surface area (Å²) in [5, 5.41) is 15.7. The number of halogens is 1. The van der Waals surface area contributed by atoms with Gasteiger partial charge >= 0.3 is 5.97 Å². The second kappa shape index (κ2) is 7.43. The Kier molecular flexibility index (Phi) is 4.79. The number of carboxylic acids is 1. The van der Waals surface area contributed by atoms with Crippen molar-refractivity contribution >= 4 is 41.0 Å². The van der Waals surface area contributed by atoms with Crippen molar-refractivity contribution in [3.63, 3.8) is 0 Å². The molecule has 3 amide bonds. The first-order valence-electron chi connectivity index (χ1n) is 10.3. The van der Waals surface area contributed by atoms with Gasteiger partial charge in [-0.05, 0) is 24.1 Å². The van der Waals surface area contributed by atoms with E-state index < -0.39 is 47.1 Å². The summed E-state index contributed by atoms with van der Waals surface area (Å²) >= 11 is 6.25. The second-order valence-corrected chi connectivity index (χ2v) is 8.76. The fraction of sp³-hybridized carbons (Fsp3) is 0.304. The van der Waals surface area contributed by atoms with Crippen molar-refractivity contribution in [2.75, 3.05) is 5.32 Å². The second-order valence-electron chi connectivity index (χ2n) is 8.35. The number of hydrogen-bond acceptors (Lipinski definition) is 5. The molecule has 0 unspecified atom stereocenters. The van der Waals surface area contributed by atoms with Crippen LogP contribution in [0, 0.1) is 11.8 Å². The van der Waals surface area contributed by atoms with Crippen molar-refractivity contribution < 1.29 is 24.3 Å². The highest BCUT2D eigenvalue weighted by molar-refractivity contribution is 6.31. The van der Waals surface area contributed by atoms with Crippen molar-refractivity contribution in [3.8, 4) is 0 Å². The number of nitrogens with one attached hydrogen (secondary N) is 2. The summed E-state index contributed by atoms with van der Waals surface area (Å²) in [5.74, 6) is -4.12. The van der Waals surface area contributed by atoms with Crippen LogP contribution in [0.25, 0.3) is 0 Å². The molecule has 3 aliphatic heterocycles. The minimum absolute atomic E-state index is 0.00463. The number of amides is 3. The van der Waals surface area contributed by atoms with Crippen molar-refractivity contribution in [3.05, 3.63) is 64.7 Å². The molecule has 2 fully saturated rings. The lowest BCUT2D eigenvalue weighted by atomic mass is 9.76. The van der Waals surface area contributed by atoms with E-state index in [4.69, 9.17) is 11.6 Å². The molecule has 164 valence electrons. The number of fused-ring (bicyclic) bond motifs is 4. The normalized spacial score (nSPS) is 28.2. The van der Waals surface area contributed by atoms with E-state index in [1.807, 2.05) is 0 Å². The zero-order valence-electron chi connectivity index (χ0n) is 16.9. The molecule has 8 nitrogen and oxygen atoms in total. The average Bonchev–Trinajstić information content (AvgIpc) is 3.34. The Labute approximate surface area is 188 Å². The van der Waals surface area contributed by atoms with Crippen molar-refractivity contribution in [1.29, 1.82) is 0 Å². The molecule has 4 atom stereocenters. The predicted octanol–water partition coefficient (Wildman–Crippen LogP) is 2.13. The molecule has 0 saturated carbocycles. The van der Waals surface area contributed by atoms with Crippen LogP contribution < -0.4 is 10.6 Å². The minimum atomic E-state index is -1.42. The lowest BCUT2D eigenvalue weighted by Gasteiger charge is -2.29. The number of carboxylic acid groups (broad SMARTS) is 1. The van der Waals surface area contributed by atoms with Gasteiger partial charge in [-0.25, -0.2) is 0 Å². The van der Waals surface area contributed by atoms with Gasteiger partial charge in [0, 0.05) is 28.7 Å². The first-order chi connectivity index (χ1) is 15.3. The Morgan fingerprint density at radius 1 is 1.06 bits per heavy atom. The summed E-state index contributed by atoms with van der Waals surface area (Å²) in [4.78, 5) is 52.8. The number of hydrogen-bond donors (Lipinski definition) is 3. The number of rotatable bonds is 5. The van der Waals surface area contributed by atoms with Gasteiger partial charge in [0.25, 0.3) is 0 Å². The zero-order valence-corrected chi connectivity index (χ0v) is 17.6.